The van der Waals surface area contributed by atoms with Crippen LogP contribution in [0.2, 0.25) is 0 Å². The van der Waals surface area contributed by atoms with Crippen LogP contribution in [0.3, 0.4) is 0 Å². The lowest BCUT2D eigenvalue weighted by molar-refractivity contribution is -0.135. The lowest BCUT2D eigenvalue weighted by Gasteiger charge is -2.23. The minimum atomic E-state index is -0.163. The minimum absolute atomic E-state index is 0.163. The largest absolute Gasteiger partial charge is 0.393 e. The first-order valence-electron chi connectivity index (χ1n) is 7.64. The van der Waals surface area contributed by atoms with E-state index in [9.17, 15) is 9.90 Å². The quantitative estimate of drug-likeness (QED) is 0.817. The van der Waals surface area contributed by atoms with E-state index in [1.54, 1.807) is 0 Å². The fraction of sp³-hybridized carbons (Fsp3) is 0.933. The highest BCUT2D eigenvalue weighted by atomic mass is 16.3. The number of carbonyl (C=O) groups excluding carboxylic acids is 1. The van der Waals surface area contributed by atoms with Crippen LogP contribution < -0.4 is 0 Å². The number of aliphatic hydroxyl groups is 1. The first-order chi connectivity index (χ1) is 8.67. The predicted octanol–water partition coefficient (Wildman–Crippen LogP) is 2.43. The van der Waals surface area contributed by atoms with Crippen LogP contribution in [0.15, 0.2) is 0 Å². The number of likely N-dealkylation sites (tertiary alicyclic amines) is 1. The Labute approximate surface area is 111 Å². The molecule has 0 spiro atoms. The van der Waals surface area contributed by atoms with Crippen molar-refractivity contribution in [3.63, 3.8) is 0 Å². The summed E-state index contributed by atoms with van der Waals surface area (Å²) in [6, 6.07) is 0. The number of amides is 1. The molecule has 1 saturated carbocycles. The van der Waals surface area contributed by atoms with Crippen molar-refractivity contribution in [3.05, 3.63) is 0 Å². The zero-order valence-corrected chi connectivity index (χ0v) is 11.8. The van der Waals surface area contributed by atoms with Crippen LogP contribution in [0.25, 0.3) is 0 Å². The van der Waals surface area contributed by atoms with Crippen molar-refractivity contribution in [2.45, 2.75) is 58.5 Å². The molecule has 0 aromatic heterocycles. The Bertz CT molecular complexity index is 292. The maximum atomic E-state index is 12.5. The number of hydrogen-bond acceptors (Lipinski definition) is 2. The number of fused-ring (bicyclic) bond motifs is 1. The van der Waals surface area contributed by atoms with Crippen LogP contribution in [0.1, 0.15) is 52.4 Å². The van der Waals surface area contributed by atoms with Gasteiger partial charge in [0.2, 0.25) is 5.91 Å². The van der Waals surface area contributed by atoms with Crippen LogP contribution in [0.5, 0.6) is 0 Å². The molecule has 2 rings (SSSR count). The maximum absolute atomic E-state index is 12.5. The summed E-state index contributed by atoms with van der Waals surface area (Å²) in [6.45, 7) is 5.98. The maximum Gasteiger partial charge on any atom is 0.225 e. The zero-order valence-electron chi connectivity index (χ0n) is 11.8. The normalized spacial score (nSPS) is 32.6. The number of carbonyl (C=O) groups is 1. The predicted molar refractivity (Wildman–Crippen MR) is 72.1 cm³/mol. The van der Waals surface area contributed by atoms with Crippen molar-refractivity contribution < 1.29 is 9.90 Å². The third kappa shape index (κ3) is 2.71. The summed E-state index contributed by atoms with van der Waals surface area (Å²) in [5.74, 6) is 1.47. The fourth-order valence-electron chi connectivity index (χ4n) is 3.63. The Morgan fingerprint density at radius 3 is 2.72 bits per heavy atom. The minimum Gasteiger partial charge on any atom is -0.393 e. The van der Waals surface area contributed by atoms with Gasteiger partial charge in [0.1, 0.15) is 0 Å². The number of rotatable bonds is 5. The van der Waals surface area contributed by atoms with Gasteiger partial charge in [-0.3, -0.25) is 4.79 Å². The standard InChI is InChI=1S/C15H27NO2/c1-3-5-6-11(4-2)15(18)16-9-12-7-8-14(17)13(12)10-16/h11-14,17H,3-10H2,1-2H3. The Morgan fingerprint density at radius 2 is 2.11 bits per heavy atom. The van der Waals surface area contributed by atoms with E-state index in [1.165, 1.54) is 0 Å². The molecule has 1 amide bonds. The molecular weight excluding hydrogens is 226 g/mol. The number of aliphatic hydroxyl groups excluding tert-OH is 1. The summed E-state index contributed by atoms with van der Waals surface area (Å²) in [5.41, 5.74) is 0. The molecule has 3 heteroatoms. The molecule has 0 bridgehead atoms. The van der Waals surface area contributed by atoms with Crippen molar-refractivity contribution in [2.24, 2.45) is 17.8 Å². The highest BCUT2D eigenvalue weighted by Gasteiger charge is 2.43. The molecule has 4 unspecified atom stereocenters. The Hall–Kier alpha value is -0.570. The molecular formula is C15H27NO2. The second-order valence-corrected chi connectivity index (χ2v) is 6.06. The van der Waals surface area contributed by atoms with E-state index in [1.807, 2.05) is 4.90 Å². The van der Waals surface area contributed by atoms with Crippen molar-refractivity contribution >= 4 is 5.91 Å². The van der Waals surface area contributed by atoms with Gasteiger partial charge in [0.25, 0.3) is 0 Å². The highest BCUT2D eigenvalue weighted by Crippen LogP contribution is 2.38. The lowest BCUT2D eigenvalue weighted by atomic mass is 9.98. The SMILES string of the molecule is CCCCC(CC)C(=O)N1CC2CCC(O)C2C1. The van der Waals surface area contributed by atoms with E-state index in [0.29, 0.717) is 17.7 Å². The molecule has 0 aromatic rings. The van der Waals surface area contributed by atoms with Crippen LogP contribution in [-0.4, -0.2) is 35.1 Å². The average molecular weight is 253 g/mol. The van der Waals surface area contributed by atoms with Gasteiger partial charge < -0.3 is 10.0 Å². The molecule has 3 nitrogen and oxygen atoms in total. The van der Waals surface area contributed by atoms with E-state index in [-0.39, 0.29) is 12.0 Å². The molecule has 1 aliphatic heterocycles. The van der Waals surface area contributed by atoms with Crippen LogP contribution >= 0.6 is 0 Å². The van der Waals surface area contributed by atoms with Gasteiger partial charge in [-0.15, -0.1) is 0 Å². The molecule has 2 fully saturated rings. The Kier molecular flexibility index (Phi) is 4.66. The van der Waals surface area contributed by atoms with Crippen molar-refractivity contribution in [2.75, 3.05) is 13.1 Å². The van der Waals surface area contributed by atoms with Crippen LogP contribution in [0.4, 0.5) is 0 Å². The topological polar surface area (TPSA) is 40.5 Å². The summed E-state index contributed by atoms with van der Waals surface area (Å²) < 4.78 is 0. The summed E-state index contributed by atoms with van der Waals surface area (Å²) in [7, 11) is 0. The smallest absolute Gasteiger partial charge is 0.225 e. The number of unbranched alkanes of at least 4 members (excludes halogenated alkanes) is 1. The molecule has 0 radical (unpaired) electrons. The van der Waals surface area contributed by atoms with Crippen molar-refractivity contribution in [1.29, 1.82) is 0 Å². The van der Waals surface area contributed by atoms with Gasteiger partial charge in [0, 0.05) is 24.9 Å². The van der Waals surface area contributed by atoms with E-state index >= 15 is 0 Å². The van der Waals surface area contributed by atoms with Crippen LogP contribution in [-0.2, 0) is 4.79 Å². The van der Waals surface area contributed by atoms with Gasteiger partial charge in [0.15, 0.2) is 0 Å². The average Bonchev–Trinajstić information content (AvgIpc) is 2.93. The monoisotopic (exact) mass is 253 g/mol. The second kappa shape index (κ2) is 6.05. The van der Waals surface area contributed by atoms with Gasteiger partial charge in [0.05, 0.1) is 6.10 Å². The molecule has 1 N–H and O–H groups in total. The van der Waals surface area contributed by atoms with E-state index in [2.05, 4.69) is 13.8 Å². The number of nitrogens with zero attached hydrogens (tertiary/aromatic N) is 1. The van der Waals surface area contributed by atoms with Gasteiger partial charge >= 0.3 is 0 Å². The zero-order chi connectivity index (χ0) is 13.1. The Morgan fingerprint density at radius 1 is 1.33 bits per heavy atom. The van der Waals surface area contributed by atoms with E-state index in [4.69, 9.17) is 0 Å². The van der Waals surface area contributed by atoms with Gasteiger partial charge in [-0.1, -0.05) is 26.7 Å². The van der Waals surface area contributed by atoms with Gasteiger partial charge in [-0.05, 0) is 31.6 Å². The van der Waals surface area contributed by atoms with Crippen LogP contribution in [0, 0.1) is 17.8 Å². The van der Waals surface area contributed by atoms with Gasteiger partial charge in [-0.2, -0.15) is 0 Å². The molecule has 4 atom stereocenters. The third-order valence-corrected chi connectivity index (χ3v) is 4.88. The molecule has 1 aliphatic carbocycles. The molecule has 1 heterocycles. The van der Waals surface area contributed by atoms with Gasteiger partial charge in [-0.25, -0.2) is 0 Å². The summed E-state index contributed by atoms with van der Waals surface area (Å²) >= 11 is 0. The summed E-state index contributed by atoms with van der Waals surface area (Å²) in [6.07, 6.45) is 6.16. The van der Waals surface area contributed by atoms with E-state index in [0.717, 1.165) is 51.6 Å². The third-order valence-electron chi connectivity index (χ3n) is 4.88. The molecule has 0 aromatic carbocycles. The Balaban J connectivity index is 1.90. The van der Waals surface area contributed by atoms with Crippen molar-refractivity contribution in [3.8, 4) is 0 Å². The molecule has 104 valence electrons. The summed E-state index contributed by atoms with van der Waals surface area (Å²) in [4.78, 5) is 14.5. The van der Waals surface area contributed by atoms with E-state index < -0.39 is 0 Å². The number of hydrogen-bond donors (Lipinski definition) is 1. The fourth-order valence-corrected chi connectivity index (χ4v) is 3.63. The molecule has 18 heavy (non-hydrogen) atoms. The second-order valence-electron chi connectivity index (χ2n) is 6.06. The first-order valence-corrected chi connectivity index (χ1v) is 7.64. The molecule has 2 aliphatic rings. The lowest BCUT2D eigenvalue weighted by Crippen LogP contribution is -2.35. The first kappa shape index (κ1) is 13.9. The highest BCUT2D eigenvalue weighted by molar-refractivity contribution is 5.79. The summed E-state index contributed by atoms with van der Waals surface area (Å²) in [5, 5.41) is 9.90. The molecule has 1 saturated heterocycles. The van der Waals surface area contributed by atoms with Crippen molar-refractivity contribution in [1.82, 2.24) is 4.90 Å².